The van der Waals surface area contributed by atoms with Crippen molar-refractivity contribution in [3.05, 3.63) is 59.5 Å². The number of primary amides is 1. The summed E-state index contributed by atoms with van der Waals surface area (Å²) in [5.74, 6) is -0.564. The molecule has 1 aromatic carbocycles. The first-order valence-electron chi connectivity index (χ1n) is 9.11. The van der Waals surface area contributed by atoms with Gasteiger partial charge in [0.15, 0.2) is 0 Å². The second kappa shape index (κ2) is 8.05. The van der Waals surface area contributed by atoms with Crippen LogP contribution in [0.25, 0.3) is 0 Å². The van der Waals surface area contributed by atoms with E-state index in [-0.39, 0.29) is 28.8 Å². The number of anilines is 4. The summed E-state index contributed by atoms with van der Waals surface area (Å²) in [6.45, 7) is 5.57. The molecule has 1 amide bonds. The molecule has 3 rings (SSSR count). The zero-order chi connectivity index (χ0) is 22.1. The highest BCUT2D eigenvalue weighted by Gasteiger charge is 2.34. The number of amides is 1. The number of alkyl halides is 3. The molecule has 4 N–H and O–H groups in total. The molecule has 3 aromatic rings. The number of aryl methyl sites for hydroxylation is 1. The second-order valence-corrected chi connectivity index (χ2v) is 7.03. The van der Waals surface area contributed by atoms with Crippen molar-refractivity contribution >= 4 is 28.8 Å². The van der Waals surface area contributed by atoms with Crippen LogP contribution in [0.4, 0.5) is 36.1 Å². The molecule has 0 aliphatic heterocycles. The number of nitrogens with two attached hydrogens (primary N) is 1. The molecule has 10 heteroatoms. The standard InChI is InChI=1S/C20H21F3N6O/c1-11(2)29-10-13(8-26-29)27-17-7-16(15(9-25-17)20(21,22)23)28-18-12(3)5-4-6-14(18)19(24)30/h4-11H,1-3H3,(H2,24,30)(H2,25,27,28). The van der Waals surface area contributed by atoms with Gasteiger partial charge in [0, 0.05) is 24.5 Å². The first kappa shape index (κ1) is 21.2. The summed E-state index contributed by atoms with van der Waals surface area (Å²) in [6.07, 6.45) is -0.631. The molecule has 158 valence electrons. The third-order valence-corrected chi connectivity index (χ3v) is 4.41. The highest BCUT2D eigenvalue weighted by atomic mass is 19.4. The lowest BCUT2D eigenvalue weighted by molar-refractivity contribution is -0.137. The largest absolute Gasteiger partial charge is 0.419 e. The van der Waals surface area contributed by atoms with E-state index in [1.54, 1.807) is 36.1 Å². The molecular weight excluding hydrogens is 397 g/mol. The fraction of sp³-hybridized carbons (Fsp3) is 0.250. The molecule has 0 aliphatic rings. The minimum atomic E-state index is -4.65. The summed E-state index contributed by atoms with van der Waals surface area (Å²) in [5.41, 5.74) is 5.61. The second-order valence-electron chi connectivity index (χ2n) is 7.03. The lowest BCUT2D eigenvalue weighted by atomic mass is 10.1. The van der Waals surface area contributed by atoms with E-state index >= 15 is 0 Å². The van der Waals surface area contributed by atoms with Crippen molar-refractivity contribution in [1.82, 2.24) is 14.8 Å². The monoisotopic (exact) mass is 418 g/mol. The molecule has 0 saturated heterocycles. The van der Waals surface area contributed by atoms with Crippen molar-refractivity contribution in [3.8, 4) is 0 Å². The molecule has 30 heavy (non-hydrogen) atoms. The molecule has 7 nitrogen and oxygen atoms in total. The molecule has 0 atom stereocenters. The number of pyridine rings is 1. The molecule has 0 fully saturated rings. The summed E-state index contributed by atoms with van der Waals surface area (Å²) in [5, 5.41) is 9.85. The predicted octanol–water partition coefficient (Wildman–Crippen LogP) is 4.77. The normalized spacial score (nSPS) is 11.6. The van der Waals surface area contributed by atoms with Gasteiger partial charge in [-0.25, -0.2) is 4.98 Å². The van der Waals surface area contributed by atoms with Crippen LogP contribution in [0.1, 0.15) is 41.4 Å². The Balaban J connectivity index is 2.02. The number of nitrogens with one attached hydrogen (secondary N) is 2. The van der Waals surface area contributed by atoms with Crippen LogP contribution in [0.2, 0.25) is 0 Å². The predicted molar refractivity (Wildman–Crippen MR) is 108 cm³/mol. The molecule has 0 radical (unpaired) electrons. The summed E-state index contributed by atoms with van der Waals surface area (Å²) in [4.78, 5) is 15.6. The maximum absolute atomic E-state index is 13.6. The van der Waals surface area contributed by atoms with E-state index in [0.717, 1.165) is 6.20 Å². The van der Waals surface area contributed by atoms with Crippen molar-refractivity contribution in [2.75, 3.05) is 10.6 Å². The van der Waals surface area contributed by atoms with Crippen LogP contribution in [-0.4, -0.2) is 20.7 Å². The molecule has 0 spiro atoms. The minimum Gasteiger partial charge on any atom is -0.366 e. The number of rotatable bonds is 6. The third-order valence-electron chi connectivity index (χ3n) is 4.41. The van der Waals surface area contributed by atoms with E-state index in [1.165, 1.54) is 12.1 Å². The van der Waals surface area contributed by atoms with E-state index in [0.29, 0.717) is 11.3 Å². The van der Waals surface area contributed by atoms with Crippen LogP contribution in [-0.2, 0) is 6.18 Å². The van der Waals surface area contributed by atoms with Gasteiger partial charge < -0.3 is 16.4 Å². The number of halogens is 3. The summed E-state index contributed by atoms with van der Waals surface area (Å²) in [7, 11) is 0. The SMILES string of the molecule is Cc1cccc(C(N)=O)c1Nc1cc(Nc2cnn(C(C)C)c2)ncc1C(F)(F)F. The number of nitrogens with zero attached hydrogens (tertiary/aromatic N) is 3. The number of hydrogen-bond donors (Lipinski definition) is 3. The highest BCUT2D eigenvalue weighted by Crippen LogP contribution is 2.38. The van der Waals surface area contributed by atoms with Crippen molar-refractivity contribution in [3.63, 3.8) is 0 Å². The number of carbonyl (C=O) groups is 1. The smallest absolute Gasteiger partial charge is 0.366 e. The van der Waals surface area contributed by atoms with E-state index in [1.807, 2.05) is 13.8 Å². The Morgan fingerprint density at radius 2 is 1.93 bits per heavy atom. The van der Waals surface area contributed by atoms with Crippen LogP contribution < -0.4 is 16.4 Å². The molecule has 0 aliphatic carbocycles. The number of para-hydroxylation sites is 1. The Hall–Kier alpha value is -3.56. The van der Waals surface area contributed by atoms with Crippen LogP contribution >= 0.6 is 0 Å². The zero-order valence-electron chi connectivity index (χ0n) is 16.6. The van der Waals surface area contributed by atoms with Crippen molar-refractivity contribution in [1.29, 1.82) is 0 Å². The first-order chi connectivity index (χ1) is 14.1. The lowest BCUT2D eigenvalue weighted by Crippen LogP contribution is -2.16. The van der Waals surface area contributed by atoms with E-state index < -0.39 is 17.6 Å². The van der Waals surface area contributed by atoms with Gasteiger partial charge in [-0.05, 0) is 32.4 Å². The highest BCUT2D eigenvalue weighted by molar-refractivity contribution is 6.00. The lowest BCUT2D eigenvalue weighted by Gasteiger charge is -2.18. The van der Waals surface area contributed by atoms with Crippen LogP contribution in [0.5, 0.6) is 0 Å². The molecule has 2 aromatic heterocycles. The number of benzene rings is 1. The van der Waals surface area contributed by atoms with Gasteiger partial charge in [0.25, 0.3) is 5.91 Å². The average molecular weight is 418 g/mol. The third kappa shape index (κ3) is 4.53. The van der Waals surface area contributed by atoms with Gasteiger partial charge in [-0.3, -0.25) is 9.48 Å². The number of carbonyl (C=O) groups excluding carboxylic acids is 1. The topological polar surface area (TPSA) is 97.9 Å². The minimum absolute atomic E-state index is 0.0904. The quantitative estimate of drug-likeness (QED) is 0.536. The van der Waals surface area contributed by atoms with Gasteiger partial charge in [-0.15, -0.1) is 0 Å². The summed E-state index contributed by atoms with van der Waals surface area (Å²) in [6, 6.07) is 6.09. The van der Waals surface area contributed by atoms with Gasteiger partial charge >= 0.3 is 6.18 Å². The van der Waals surface area contributed by atoms with Crippen LogP contribution in [0.15, 0.2) is 42.9 Å². The number of aromatic nitrogens is 3. The Kier molecular flexibility index (Phi) is 5.68. The Morgan fingerprint density at radius 1 is 1.20 bits per heavy atom. The molecule has 0 unspecified atom stereocenters. The molecular formula is C20H21F3N6O. The summed E-state index contributed by atoms with van der Waals surface area (Å²) >= 11 is 0. The van der Waals surface area contributed by atoms with Gasteiger partial charge in [0.1, 0.15) is 5.82 Å². The molecule has 0 saturated carbocycles. The van der Waals surface area contributed by atoms with Crippen molar-refractivity contribution < 1.29 is 18.0 Å². The maximum atomic E-state index is 13.6. The number of hydrogen-bond acceptors (Lipinski definition) is 5. The van der Waals surface area contributed by atoms with Crippen molar-refractivity contribution in [2.45, 2.75) is 33.0 Å². The van der Waals surface area contributed by atoms with Gasteiger partial charge in [-0.1, -0.05) is 12.1 Å². The van der Waals surface area contributed by atoms with Crippen LogP contribution in [0.3, 0.4) is 0 Å². The van der Waals surface area contributed by atoms with E-state index in [4.69, 9.17) is 5.73 Å². The first-order valence-corrected chi connectivity index (χ1v) is 9.11. The van der Waals surface area contributed by atoms with Crippen molar-refractivity contribution in [2.24, 2.45) is 5.73 Å². The average Bonchev–Trinajstić information content (AvgIpc) is 3.11. The van der Waals surface area contributed by atoms with E-state index in [9.17, 15) is 18.0 Å². The van der Waals surface area contributed by atoms with Gasteiger partial charge in [-0.2, -0.15) is 18.3 Å². The Morgan fingerprint density at radius 3 is 2.53 bits per heavy atom. The Labute approximate surface area is 171 Å². The fourth-order valence-corrected chi connectivity index (χ4v) is 2.86. The summed E-state index contributed by atoms with van der Waals surface area (Å²) < 4.78 is 42.4. The molecule has 0 bridgehead atoms. The van der Waals surface area contributed by atoms with Gasteiger partial charge in [0.05, 0.1) is 34.4 Å². The van der Waals surface area contributed by atoms with Crippen LogP contribution in [0, 0.1) is 6.92 Å². The Bertz CT molecular complexity index is 1070. The zero-order valence-corrected chi connectivity index (χ0v) is 16.6. The maximum Gasteiger partial charge on any atom is 0.419 e. The van der Waals surface area contributed by atoms with E-state index in [2.05, 4.69) is 20.7 Å². The molecule has 2 heterocycles. The van der Waals surface area contributed by atoms with Gasteiger partial charge in [0.2, 0.25) is 0 Å². The fourth-order valence-electron chi connectivity index (χ4n) is 2.86.